The van der Waals surface area contributed by atoms with E-state index in [4.69, 9.17) is 23.2 Å². The molecule has 0 aliphatic carbocycles. The molecule has 0 saturated carbocycles. The molecule has 0 saturated heterocycles. The number of sulfone groups is 1. The number of thiazole rings is 1. The summed E-state index contributed by atoms with van der Waals surface area (Å²) >= 11 is 14.2. The van der Waals surface area contributed by atoms with Crippen molar-refractivity contribution in [2.75, 3.05) is 0 Å². The summed E-state index contributed by atoms with van der Waals surface area (Å²) in [6, 6.07) is 15.7. The Labute approximate surface area is 192 Å². The predicted molar refractivity (Wildman–Crippen MR) is 127 cm³/mol. The number of aromatic nitrogens is 3. The second-order valence-electron chi connectivity index (χ2n) is 7.16. The number of benzene rings is 3. The fourth-order valence-corrected chi connectivity index (χ4v) is 6.25. The van der Waals surface area contributed by atoms with Crippen LogP contribution in [0.15, 0.2) is 59.5 Å². The van der Waals surface area contributed by atoms with Crippen molar-refractivity contribution < 1.29 is 8.42 Å². The zero-order valence-corrected chi connectivity index (χ0v) is 19.3. The highest BCUT2D eigenvalue weighted by atomic mass is 35.5. The van der Waals surface area contributed by atoms with E-state index in [0.717, 1.165) is 15.2 Å². The van der Waals surface area contributed by atoms with Crippen LogP contribution in [0.2, 0.25) is 10.0 Å². The van der Waals surface area contributed by atoms with Crippen molar-refractivity contribution in [3.05, 3.63) is 75.2 Å². The zero-order valence-electron chi connectivity index (χ0n) is 16.2. The van der Waals surface area contributed by atoms with Gasteiger partial charge in [0.05, 0.1) is 52.5 Å². The molecule has 31 heavy (non-hydrogen) atoms. The molecular formula is C22H15Cl2N3O2S2. The summed E-state index contributed by atoms with van der Waals surface area (Å²) in [5, 5.41) is 1.88. The van der Waals surface area contributed by atoms with Crippen molar-refractivity contribution in [1.29, 1.82) is 0 Å². The minimum absolute atomic E-state index is 0.109. The number of halogens is 2. The van der Waals surface area contributed by atoms with Crippen LogP contribution < -0.4 is 0 Å². The molecule has 5 rings (SSSR count). The maximum absolute atomic E-state index is 13.1. The van der Waals surface area contributed by atoms with Crippen molar-refractivity contribution in [3.8, 4) is 11.4 Å². The molecule has 5 nitrogen and oxygen atoms in total. The van der Waals surface area contributed by atoms with Crippen LogP contribution in [0.3, 0.4) is 0 Å². The largest absolute Gasteiger partial charge is 0.338 e. The molecule has 0 unspecified atom stereocenters. The quantitative estimate of drug-likeness (QED) is 0.316. The van der Waals surface area contributed by atoms with Gasteiger partial charge in [-0.3, -0.25) is 0 Å². The molecule has 0 aliphatic heterocycles. The van der Waals surface area contributed by atoms with Gasteiger partial charge in [-0.05, 0) is 55.0 Å². The lowest BCUT2D eigenvalue weighted by molar-refractivity contribution is 0.595. The number of imidazole rings is 1. The number of nitrogens with one attached hydrogen (secondary N) is 1. The molecule has 0 amide bonds. The Morgan fingerprint density at radius 3 is 2.52 bits per heavy atom. The van der Waals surface area contributed by atoms with Crippen molar-refractivity contribution >= 4 is 65.6 Å². The van der Waals surface area contributed by atoms with Crippen molar-refractivity contribution in [2.24, 2.45) is 0 Å². The zero-order chi connectivity index (χ0) is 21.8. The van der Waals surface area contributed by atoms with Crippen LogP contribution >= 0.6 is 34.5 Å². The second-order valence-corrected chi connectivity index (χ2v) is 11.2. The Morgan fingerprint density at radius 1 is 0.968 bits per heavy atom. The lowest BCUT2D eigenvalue weighted by atomic mass is 10.2. The summed E-state index contributed by atoms with van der Waals surface area (Å²) in [5.74, 6) is 0.382. The van der Waals surface area contributed by atoms with Gasteiger partial charge in [0.25, 0.3) is 0 Å². The number of aromatic amines is 1. The maximum Gasteiger partial charge on any atom is 0.182 e. The van der Waals surface area contributed by atoms with Gasteiger partial charge in [-0.15, -0.1) is 11.3 Å². The third-order valence-corrected chi connectivity index (χ3v) is 8.19. The summed E-state index contributed by atoms with van der Waals surface area (Å²) in [7, 11) is -3.56. The van der Waals surface area contributed by atoms with E-state index >= 15 is 0 Å². The average molecular weight is 488 g/mol. The normalized spacial score (nSPS) is 12.1. The molecule has 156 valence electrons. The molecule has 9 heteroatoms. The molecule has 0 bridgehead atoms. The Balaban J connectivity index is 1.51. The van der Waals surface area contributed by atoms with Gasteiger partial charge in [-0.2, -0.15) is 0 Å². The van der Waals surface area contributed by atoms with Crippen molar-refractivity contribution in [2.45, 2.75) is 17.6 Å². The summed E-state index contributed by atoms with van der Waals surface area (Å²) < 4.78 is 27.2. The van der Waals surface area contributed by atoms with E-state index in [1.807, 2.05) is 25.1 Å². The minimum Gasteiger partial charge on any atom is -0.338 e. The van der Waals surface area contributed by atoms with Crippen molar-refractivity contribution in [1.82, 2.24) is 15.0 Å². The Bertz CT molecular complexity index is 1550. The number of H-pyrrole nitrogens is 1. The summed E-state index contributed by atoms with van der Waals surface area (Å²) in [5.41, 5.74) is 3.33. The van der Waals surface area contributed by atoms with E-state index < -0.39 is 9.84 Å². The van der Waals surface area contributed by atoms with E-state index in [1.165, 1.54) is 0 Å². The highest BCUT2D eigenvalue weighted by Gasteiger charge is 2.19. The molecule has 0 radical (unpaired) electrons. The van der Waals surface area contributed by atoms with Crippen molar-refractivity contribution in [3.63, 3.8) is 0 Å². The van der Waals surface area contributed by atoms with E-state index in [-0.39, 0.29) is 10.6 Å². The number of hydrogen-bond donors (Lipinski definition) is 1. The molecule has 1 N–H and O–H groups in total. The smallest absolute Gasteiger partial charge is 0.182 e. The molecule has 5 aromatic rings. The molecule has 0 aliphatic rings. The van der Waals surface area contributed by atoms with Crippen LogP contribution in [-0.4, -0.2) is 23.4 Å². The topological polar surface area (TPSA) is 75.7 Å². The van der Waals surface area contributed by atoms with Crippen LogP contribution in [0.25, 0.3) is 32.6 Å². The lowest BCUT2D eigenvalue weighted by Crippen LogP contribution is -2.05. The van der Waals surface area contributed by atoms with Gasteiger partial charge in [-0.1, -0.05) is 35.3 Å². The molecule has 2 aromatic heterocycles. The first-order chi connectivity index (χ1) is 14.8. The first kappa shape index (κ1) is 20.5. The van der Waals surface area contributed by atoms with Gasteiger partial charge >= 0.3 is 0 Å². The van der Waals surface area contributed by atoms with E-state index in [1.54, 1.807) is 47.7 Å². The number of aryl methyl sites for hydroxylation is 1. The first-order valence-electron chi connectivity index (χ1n) is 9.33. The number of rotatable bonds is 4. The van der Waals surface area contributed by atoms with Crippen LogP contribution in [0.1, 0.15) is 10.6 Å². The van der Waals surface area contributed by atoms with Crippen LogP contribution in [0.5, 0.6) is 0 Å². The van der Waals surface area contributed by atoms with Gasteiger partial charge in [0.15, 0.2) is 9.84 Å². The summed E-state index contributed by atoms with van der Waals surface area (Å²) in [6.45, 7) is 1.94. The van der Waals surface area contributed by atoms with E-state index in [0.29, 0.717) is 38.0 Å². The minimum atomic E-state index is -3.56. The SMILES string of the molecule is Cc1nc2cc(CS(=O)(=O)c3ccc4nc(-c5c(Cl)cccc5Cl)[nH]c4c3)ccc2s1. The fraction of sp³-hybridized carbons (Fsp3) is 0.0909. The molecular weight excluding hydrogens is 473 g/mol. The molecule has 2 heterocycles. The Morgan fingerprint density at radius 2 is 1.74 bits per heavy atom. The average Bonchev–Trinajstić information content (AvgIpc) is 3.28. The Hall–Kier alpha value is -2.45. The van der Waals surface area contributed by atoms with Gasteiger partial charge < -0.3 is 4.98 Å². The molecule has 3 aromatic carbocycles. The summed E-state index contributed by atoms with van der Waals surface area (Å²) in [4.78, 5) is 12.3. The second kappa shape index (κ2) is 7.60. The Kier molecular flexibility index (Phi) is 5.01. The monoisotopic (exact) mass is 487 g/mol. The van der Waals surface area contributed by atoms with Gasteiger partial charge in [-0.25, -0.2) is 18.4 Å². The van der Waals surface area contributed by atoms with E-state index in [2.05, 4.69) is 15.0 Å². The number of fused-ring (bicyclic) bond motifs is 2. The fourth-order valence-electron chi connectivity index (χ4n) is 3.51. The van der Waals surface area contributed by atoms with Crippen LogP contribution in [-0.2, 0) is 15.6 Å². The summed E-state index contributed by atoms with van der Waals surface area (Å²) in [6.07, 6.45) is 0. The highest BCUT2D eigenvalue weighted by Crippen LogP contribution is 2.34. The third-order valence-electron chi connectivity index (χ3n) is 4.93. The maximum atomic E-state index is 13.1. The molecule has 0 atom stereocenters. The van der Waals surface area contributed by atoms with E-state index in [9.17, 15) is 8.42 Å². The van der Waals surface area contributed by atoms with Crippen LogP contribution in [0.4, 0.5) is 0 Å². The van der Waals surface area contributed by atoms with Gasteiger partial charge in [0.2, 0.25) is 0 Å². The standard InChI is InChI=1S/C22H15Cl2N3O2S2/c1-12-25-19-9-13(5-8-20(19)30-12)11-31(28,29)14-6-7-17-18(10-14)27-22(26-17)21-15(23)3-2-4-16(21)24/h2-10H,11H2,1H3,(H,26,27). The van der Waals surface area contributed by atoms with Crippen LogP contribution in [0, 0.1) is 6.92 Å². The first-order valence-corrected chi connectivity index (χ1v) is 12.6. The van der Waals surface area contributed by atoms with Gasteiger partial charge in [0, 0.05) is 0 Å². The highest BCUT2D eigenvalue weighted by molar-refractivity contribution is 7.90. The number of nitrogens with zero attached hydrogens (tertiary/aromatic N) is 2. The number of hydrogen-bond acceptors (Lipinski definition) is 5. The third kappa shape index (κ3) is 3.83. The molecule has 0 fully saturated rings. The van der Waals surface area contributed by atoms with Gasteiger partial charge in [0.1, 0.15) is 5.82 Å². The predicted octanol–water partition coefficient (Wildman–Crippen LogP) is 6.43. The lowest BCUT2D eigenvalue weighted by Gasteiger charge is -2.05. The molecule has 0 spiro atoms.